The Labute approximate surface area is 88.5 Å². The van der Waals surface area contributed by atoms with Crippen molar-refractivity contribution in [3.63, 3.8) is 0 Å². The Morgan fingerprint density at radius 1 is 1.38 bits per heavy atom. The number of nitrogens with zero attached hydrogens (tertiary/aromatic N) is 3. The van der Waals surface area contributed by atoms with E-state index in [2.05, 4.69) is 15.1 Å². The lowest BCUT2D eigenvalue weighted by atomic mass is 10.2. The highest BCUT2D eigenvalue weighted by molar-refractivity contribution is 14.1. The molecule has 0 aliphatic rings. The molecule has 0 saturated carbocycles. The molecular weight excluding hydrogens is 281 g/mol. The fourth-order valence-corrected chi connectivity index (χ4v) is 1.23. The van der Waals surface area contributed by atoms with Crippen LogP contribution < -0.4 is 0 Å². The van der Waals surface area contributed by atoms with Gasteiger partial charge in [0.05, 0.1) is 5.56 Å². The molecule has 2 heterocycles. The minimum atomic E-state index is 0.511. The third kappa shape index (κ3) is 1.85. The molecule has 0 N–H and O–H groups in total. The summed E-state index contributed by atoms with van der Waals surface area (Å²) >= 11 is 2.00. The second-order valence-electron chi connectivity index (χ2n) is 2.56. The first kappa shape index (κ1) is 8.61. The first-order chi connectivity index (χ1) is 6.25. The van der Waals surface area contributed by atoms with Gasteiger partial charge in [-0.15, -0.1) is 0 Å². The molecule has 0 aromatic carbocycles. The normalized spacial score (nSPS) is 10.3. The van der Waals surface area contributed by atoms with E-state index in [4.69, 9.17) is 4.52 Å². The van der Waals surface area contributed by atoms with Crippen LogP contribution in [0.5, 0.6) is 0 Å². The maximum absolute atomic E-state index is 4.98. The van der Waals surface area contributed by atoms with Gasteiger partial charge in [0.15, 0.2) is 0 Å². The number of aryl methyl sites for hydroxylation is 1. The van der Waals surface area contributed by atoms with Gasteiger partial charge in [0.2, 0.25) is 3.83 Å². The molecule has 0 amide bonds. The van der Waals surface area contributed by atoms with Crippen molar-refractivity contribution in [3.05, 3.63) is 27.9 Å². The van der Waals surface area contributed by atoms with Crippen molar-refractivity contribution in [2.24, 2.45) is 0 Å². The molecule has 0 bridgehead atoms. The minimum Gasteiger partial charge on any atom is -0.333 e. The average molecular weight is 287 g/mol. The van der Waals surface area contributed by atoms with Crippen molar-refractivity contribution in [1.29, 1.82) is 0 Å². The molecular formula is C8H6IN3O. The van der Waals surface area contributed by atoms with E-state index in [-0.39, 0.29) is 0 Å². The molecule has 4 nitrogen and oxygen atoms in total. The Bertz CT molecular complexity index is 410. The van der Waals surface area contributed by atoms with Crippen LogP contribution in [-0.2, 0) is 0 Å². The Morgan fingerprint density at radius 2 is 2.23 bits per heavy atom. The number of rotatable bonds is 1. The lowest BCUT2D eigenvalue weighted by molar-refractivity contribution is 0.425. The van der Waals surface area contributed by atoms with Gasteiger partial charge in [-0.05, 0) is 19.1 Å². The molecule has 0 aliphatic carbocycles. The second-order valence-corrected chi connectivity index (χ2v) is 3.52. The number of pyridine rings is 1. The van der Waals surface area contributed by atoms with E-state index in [1.807, 2.05) is 41.6 Å². The Kier molecular flexibility index (Phi) is 2.26. The quantitative estimate of drug-likeness (QED) is 0.753. The summed E-state index contributed by atoms with van der Waals surface area (Å²) < 4.78 is 5.59. The van der Waals surface area contributed by atoms with Crippen LogP contribution in [0.1, 0.15) is 5.69 Å². The van der Waals surface area contributed by atoms with Crippen molar-refractivity contribution in [1.82, 2.24) is 15.1 Å². The van der Waals surface area contributed by atoms with Crippen molar-refractivity contribution < 1.29 is 4.52 Å². The summed E-state index contributed by atoms with van der Waals surface area (Å²) in [4.78, 5) is 8.21. The van der Waals surface area contributed by atoms with E-state index >= 15 is 0 Å². The highest BCUT2D eigenvalue weighted by Gasteiger charge is 2.05. The summed E-state index contributed by atoms with van der Waals surface area (Å²) in [5.74, 6) is 0.511. The van der Waals surface area contributed by atoms with Gasteiger partial charge < -0.3 is 4.52 Å². The fraction of sp³-hybridized carbons (Fsp3) is 0.125. The largest absolute Gasteiger partial charge is 0.333 e. The summed E-state index contributed by atoms with van der Waals surface area (Å²) in [6.07, 6.45) is 1.72. The molecule has 5 heteroatoms. The van der Waals surface area contributed by atoms with E-state index in [1.165, 1.54) is 0 Å². The average Bonchev–Trinajstić information content (AvgIpc) is 2.53. The molecule has 0 unspecified atom stereocenters. The number of aromatic nitrogens is 3. The summed E-state index contributed by atoms with van der Waals surface area (Å²) in [7, 11) is 0. The molecule has 0 saturated heterocycles. The van der Waals surface area contributed by atoms with Crippen LogP contribution in [0.25, 0.3) is 11.5 Å². The van der Waals surface area contributed by atoms with Crippen LogP contribution in [0.4, 0.5) is 0 Å². The summed E-state index contributed by atoms with van der Waals surface area (Å²) in [6.45, 7) is 1.93. The Balaban J connectivity index is 2.41. The van der Waals surface area contributed by atoms with Crippen molar-refractivity contribution in [2.45, 2.75) is 6.92 Å². The zero-order valence-electron chi connectivity index (χ0n) is 6.86. The summed E-state index contributed by atoms with van der Waals surface area (Å²) in [5, 5.41) is 3.69. The Hall–Kier alpha value is -0.980. The van der Waals surface area contributed by atoms with Crippen molar-refractivity contribution >= 4 is 22.6 Å². The van der Waals surface area contributed by atoms with E-state index < -0.39 is 0 Å². The minimum absolute atomic E-state index is 0.511. The van der Waals surface area contributed by atoms with Crippen LogP contribution in [0.2, 0.25) is 0 Å². The standard InChI is InChI=1S/C8H6IN3O/c1-5-2-3-6(4-10-5)7-11-8(9)12-13-7/h2-4H,1H3. The van der Waals surface area contributed by atoms with Crippen LogP contribution in [0.15, 0.2) is 22.9 Å². The zero-order chi connectivity index (χ0) is 9.26. The molecule has 0 radical (unpaired) electrons. The third-order valence-corrected chi connectivity index (χ3v) is 2.00. The second kappa shape index (κ2) is 3.41. The molecule has 0 atom stereocenters. The first-order valence-corrected chi connectivity index (χ1v) is 4.76. The monoisotopic (exact) mass is 287 g/mol. The third-order valence-electron chi connectivity index (χ3n) is 1.56. The van der Waals surface area contributed by atoms with E-state index in [1.54, 1.807) is 6.20 Å². The number of hydrogen-bond donors (Lipinski definition) is 0. The molecule has 13 heavy (non-hydrogen) atoms. The molecule has 2 aromatic rings. The number of halogens is 1. The Morgan fingerprint density at radius 3 is 2.77 bits per heavy atom. The van der Waals surface area contributed by atoms with Crippen LogP contribution in [-0.4, -0.2) is 15.1 Å². The van der Waals surface area contributed by atoms with Crippen molar-refractivity contribution in [2.75, 3.05) is 0 Å². The van der Waals surface area contributed by atoms with Gasteiger partial charge in [0.1, 0.15) is 0 Å². The van der Waals surface area contributed by atoms with Gasteiger partial charge in [-0.25, -0.2) is 0 Å². The van der Waals surface area contributed by atoms with Crippen LogP contribution in [0, 0.1) is 10.8 Å². The molecule has 0 spiro atoms. The molecule has 2 rings (SSSR count). The van der Waals surface area contributed by atoms with Gasteiger partial charge in [-0.3, -0.25) is 4.98 Å². The molecule has 0 aliphatic heterocycles. The van der Waals surface area contributed by atoms with E-state index in [0.29, 0.717) is 9.72 Å². The SMILES string of the molecule is Cc1ccc(-c2nc(I)no2)cn1. The number of hydrogen-bond acceptors (Lipinski definition) is 4. The van der Waals surface area contributed by atoms with Gasteiger partial charge in [0.25, 0.3) is 5.89 Å². The molecule has 2 aromatic heterocycles. The van der Waals surface area contributed by atoms with E-state index in [0.717, 1.165) is 11.3 Å². The van der Waals surface area contributed by atoms with Gasteiger partial charge in [-0.1, -0.05) is 5.16 Å². The smallest absolute Gasteiger partial charge is 0.260 e. The molecule has 0 fully saturated rings. The predicted molar refractivity (Wildman–Crippen MR) is 55.0 cm³/mol. The van der Waals surface area contributed by atoms with E-state index in [9.17, 15) is 0 Å². The highest BCUT2D eigenvalue weighted by Crippen LogP contribution is 2.16. The van der Waals surface area contributed by atoms with Gasteiger partial charge >= 0.3 is 0 Å². The highest BCUT2D eigenvalue weighted by atomic mass is 127. The zero-order valence-corrected chi connectivity index (χ0v) is 9.02. The molecule has 66 valence electrons. The van der Waals surface area contributed by atoms with Crippen molar-refractivity contribution in [3.8, 4) is 11.5 Å². The topological polar surface area (TPSA) is 51.8 Å². The lowest BCUT2D eigenvalue weighted by Crippen LogP contribution is -1.82. The van der Waals surface area contributed by atoms with Gasteiger partial charge in [0, 0.05) is 34.5 Å². The maximum atomic E-state index is 4.98. The maximum Gasteiger partial charge on any atom is 0.260 e. The predicted octanol–water partition coefficient (Wildman–Crippen LogP) is 2.04. The lowest BCUT2D eigenvalue weighted by Gasteiger charge is -1.93. The fourth-order valence-electron chi connectivity index (χ4n) is 0.917. The summed E-state index contributed by atoms with van der Waals surface area (Å²) in [5.41, 5.74) is 1.82. The first-order valence-electron chi connectivity index (χ1n) is 3.68. The summed E-state index contributed by atoms with van der Waals surface area (Å²) in [6, 6.07) is 3.82. The van der Waals surface area contributed by atoms with Gasteiger partial charge in [-0.2, -0.15) is 4.98 Å². The van der Waals surface area contributed by atoms with Crippen LogP contribution in [0.3, 0.4) is 0 Å². The van der Waals surface area contributed by atoms with Crippen LogP contribution >= 0.6 is 22.6 Å².